The summed E-state index contributed by atoms with van der Waals surface area (Å²) in [6, 6.07) is 68.6. The first-order valence-electron chi connectivity index (χ1n) is 22.2. The molecule has 8 heteroatoms. The van der Waals surface area contributed by atoms with E-state index in [0.717, 1.165) is 55.2 Å². The molecule has 322 valence electrons. The zero-order valence-electron chi connectivity index (χ0n) is 36.2. The van der Waals surface area contributed by atoms with Gasteiger partial charge >= 0.3 is 6.18 Å². The highest BCUT2D eigenvalue weighted by Gasteiger charge is 2.40. The van der Waals surface area contributed by atoms with Gasteiger partial charge in [-0.2, -0.15) is 13.2 Å². The lowest BCUT2D eigenvalue weighted by Gasteiger charge is -2.24. The molecule has 0 fully saturated rings. The molecule has 0 radical (unpaired) electrons. The van der Waals surface area contributed by atoms with Crippen molar-refractivity contribution in [2.24, 2.45) is 0 Å². The van der Waals surface area contributed by atoms with Gasteiger partial charge in [0.2, 0.25) is 0 Å². The third-order valence-electron chi connectivity index (χ3n) is 12.8. The molecule has 0 aliphatic rings. The number of nitrogens with zero attached hydrogens (tertiary/aromatic N) is 5. The standard InChI is InChI=1S/C60H36F3N5/c1-64-43-20-12-19-40(35-43)44-33-34-55(67-53-27-10-8-21-45(53)47-31-29-41(36-56(47)67)51-25-13-23-49(65-51)38-15-4-2-5-16-38)58(60(61,62)63)59(44)68-54-28-11-9-22-46(54)48-32-30-42(37-57(48)68)52-26-14-24-50(66-52)39-17-6-3-7-18-39/h2-37H. The quantitative estimate of drug-likeness (QED) is 0.150. The number of para-hydroxylation sites is 2. The van der Waals surface area contributed by atoms with Crippen molar-refractivity contribution in [3.05, 3.63) is 235 Å². The number of alkyl halides is 3. The smallest absolute Gasteiger partial charge is 0.309 e. The number of hydrogen-bond acceptors (Lipinski definition) is 2. The molecule has 0 unspecified atom stereocenters. The largest absolute Gasteiger partial charge is 0.420 e. The molecule has 0 aliphatic carbocycles. The van der Waals surface area contributed by atoms with E-state index in [0.29, 0.717) is 50.3 Å². The lowest BCUT2D eigenvalue weighted by Crippen LogP contribution is -2.17. The van der Waals surface area contributed by atoms with Gasteiger partial charge in [-0.25, -0.2) is 14.8 Å². The molecule has 4 aromatic heterocycles. The summed E-state index contributed by atoms with van der Waals surface area (Å²) in [7, 11) is 0. The molecule has 12 rings (SSSR count). The topological polar surface area (TPSA) is 40.0 Å². The summed E-state index contributed by atoms with van der Waals surface area (Å²) >= 11 is 0. The number of aromatic nitrogens is 4. The van der Waals surface area contributed by atoms with E-state index < -0.39 is 11.7 Å². The van der Waals surface area contributed by atoms with Crippen LogP contribution in [0, 0.1) is 6.57 Å². The minimum Gasteiger partial charge on any atom is -0.309 e. The van der Waals surface area contributed by atoms with Gasteiger partial charge in [0.05, 0.1) is 62.8 Å². The number of rotatable bonds is 7. The van der Waals surface area contributed by atoms with Crippen molar-refractivity contribution in [3.8, 4) is 67.5 Å². The van der Waals surface area contributed by atoms with Gasteiger partial charge in [-0.05, 0) is 66.2 Å². The highest BCUT2D eigenvalue weighted by atomic mass is 19.4. The first-order chi connectivity index (χ1) is 33.3. The van der Waals surface area contributed by atoms with Crippen LogP contribution in [-0.4, -0.2) is 19.1 Å². The molecular formula is C60H36F3N5. The second-order valence-electron chi connectivity index (χ2n) is 16.7. The Kier molecular flexibility index (Phi) is 9.59. The van der Waals surface area contributed by atoms with Gasteiger partial charge in [0.1, 0.15) is 5.56 Å². The second-order valence-corrected chi connectivity index (χ2v) is 16.7. The highest BCUT2D eigenvalue weighted by molar-refractivity contribution is 6.12. The fourth-order valence-electron chi connectivity index (χ4n) is 9.75. The molecule has 0 atom stereocenters. The maximum atomic E-state index is 16.9. The molecule has 0 saturated heterocycles. The van der Waals surface area contributed by atoms with Crippen molar-refractivity contribution >= 4 is 49.3 Å². The van der Waals surface area contributed by atoms with Gasteiger partial charge in [-0.3, -0.25) is 0 Å². The molecule has 4 heterocycles. The highest BCUT2D eigenvalue weighted by Crippen LogP contribution is 2.48. The molecule has 0 saturated carbocycles. The van der Waals surface area contributed by atoms with E-state index in [1.807, 2.05) is 182 Å². The van der Waals surface area contributed by atoms with Gasteiger partial charge in [-0.15, -0.1) is 0 Å². The number of halogens is 3. The van der Waals surface area contributed by atoms with E-state index in [4.69, 9.17) is 16.5 Å². The zero-order chi connectivity index (χ0) is 45.9. The fraction of sp³-hybridized carbons (Fsp3) is 0.0167. The maximum absolute atomic E-state index is 16.9. The molecule has 0 bridgehead atoms. The van der Waals surface area contributed by atoms with Crippen molar-refractivity contribution < 1.29 is 13.2 Å². The van der Waals surface area contributed by atoms with Gasteiger partial charge in [0, 0.05) is 49.4 Å². The van der Waals surface area contributed by atoms with Crippen molar-refractivity contribution in [2.45, 2.75) is 6.18 Å². The maximum Gasteiger partial charge on any atom is 0.420 e. The summed E-state index contributed by atoms with van der Waals surface area (Å²) in [6.07, 6.45) is -4.89. The third kappa shape index (κ3) is 6.79. The normalized spacial score (nSPS) is 11.7. The zero-order valence-corrected chi connectivity index (χ0v) is 36.2. The summed E-state index contributed by atoms with van der Waals surface area (Å²) in [5.41, 5.74) is 9.01. The monoisotopic (exact) mass is 883 g/mol. The van der Waals surface area contributed by atoms with Crippen LogP contribution in [0.5, 0.6) is 0 Å². The molecule has 0 N–H and O–H groups in total. The summed E-state index contributed by atoms with van der Waals surface area (Å²) in [5.74, 6) is 0. The average molecular weight is 884 g/mol. The van der Waals surface area contributed by atoms with Gasteiger partial charge in [0.15, 0.2) is 5.69 Å². The Labute approximate surface area is 389 Å². The van der Waals surface area contributed by atoms with E-state index in [2.05, 4.69) is 4.85 Å². The molecule has 0 spiro atoms. The van der Waals surface area contributed by atoms with E-state index >= 15 is 13.2 Å². The summed E-state index contributed by atoms with van der Waals surface area (Å²) in [4.78, 5) is 13.8. The lowest BCUT2D eigenvalue weighted by atomic mass is 9.96. The van der Waals surface area contributed by atoms with Crippen LogP contribution in [0.15, 0.2) is 218 Å². The van der Waals surface area contributed by atoms with Gasteiger partial charge in [0.25, 0.3) is 0 Å². The van der Waals surface area contributed by atoms with Crippen molar-refractivity contribution in [1.29, 1.82) is 0 Å². The van der Waals surface area contributed by atoms with Gasteiger partial charge < -0.3 is 9.13 Å². The van der Waals surface area contributed by atoms with Crippen LogP contribution in [-0.2, 0) is 6.18 Å². The minimum atomic E-state index is -4.89. The van der Waals surface area contributed by atoms with Crippen LogP contribution in [0.2, 0.25) is 0 Å². The number of benzene rings is 8. The molecule has 5 nitrogen and oxygen atoms in total. The molecule has 0 amide bonds. The first-order valence-corrected chi connectivity index (χ1v) is 22.2. The summed E-state index contributed by atoms with van der Waals surface area (Å²) < 4.78 is 54.3. The van der Waals surface area contributed by atoms with Crippen LogP contribution in [0.25, 0.3) is 116 Å². The molecule has 68 heavy (non-hydrogen) atoms. The van der Waals surface area contributed by atoms with E-state index in [9.17, 15) is 0 Å². The van der Waals surface area contributed by atoms with Crippen LogP contribution in [0.1, 0.15) is 5.56 Å². The summed E-state index contributed by atoms with van der Waals surface area (Å²) in [6.45, 7) is 7.87. The van der Waals surface area contributed by atoms with E-state index in [1.54, 1.807) is 45.5 Å². The van der Waals surface area contributed by atoms with Crippen LogP contribution in [0.4, 0.5) is 18.9 Å². The van der Waals surface area contributed by atoms with Gasteiger partial charge in [-0.1, -0.05) is 158 Å². The van der Waals surface area contributed by atoms with Crippen molar-refractivity contribution in [3.63, 3.8) is 0 Å². The Hall–Kier alpha value is -9.06. The Balaban J connectivity index is 1.17. The van der Waals surface area contributed by atoms with Crippen molar-refractivity contribution in [2.75, 3.05) is 0 Å². The Morgan fingerprint density at radius 3 is 1.38 bits per heavy atom. The summed E-state index contributed by atoms with van der Waals surface area (Å²) in [5, 5.41) is 3.20. The molecular weight excluding hydrogens is 848 g/mol. The van der Waals surface area contributed by atoms with Crippen molar-refractivity contribution in [1.82, 2.24) is 19.1 Å². The predicted octanol–water partition coefficient (Wildman–Crippen LogP) is 16.6. The first kappa shape index (κ1) is 40.4. The predicted molar refractivity (Wildman–Crippen MR) is 269 cm³/mol. The minimum absolute atomic E-state index is 0.0359. The Morgan fingerprint density at radius 2 is 0.838 bits per heavy atom. The second kappa shape index (κ2) is 16.1. The third-order valence-corrected chi connectivity index (χ3v) is 12.8. The molecule has 8 aromatic carbocycles. The Bertz CT molecular complexity index is 3970. The number of pyridine rings is 2. The average Bonchev–Trinajstić information content (AvgIpc) is 3.90. The van der Waals surface area contributed by atoms with Crippen LogP contribution < -0.4 is 0 Å². The van der Waals surface area contributed by atoms with E-state index in [-0.39, 0.29) is 11.4 Å². The fourth-order valence-corrected chi connectivity index (χ4v) is 9.75. The lowest BCUT2D eigenvalue weighted by molar-refractivity contribution is -0.137. The SMILES string of the molecule is [C-]#[N+]c1cccc(-c2ccc(-n3c4ccccc4c4ccc(-c5cccc(-c6ccccc6)n5)cc43)c(C(F)(F)F)c2-n2c3ccccc3c3ccc(-c4cccc(-c5ccccc5)n4)cc32)c1. The Morgan fingerprint density at radius 1 is 0.382 bits per heavy atom. The number of fused-ring (bicyclic) bond motifs is 6. The van der Waals surface area contributed by atoms with E-state index in [1.165, 1.54) is 0 Å². The number of hydrogen-bond donors (Lipinski definition) is 0. The molecule has 12 aromatic rings. The van der Waals surface area contributed by atoms with Crippen LogP contribution >= 0.6 is 0 Å². The molecule has 0 aliphatic heterocycles. The van der Waals surface area contributed by atoms with Crippen LogP contribution in [0.3, 0.4) is 0 Å².